The smallest absolute Gasteiger partial charge is 0.221 e. The average molecular weight is 426 g/mol. The summed E-state index contributed by atoms with van der Waals surface area (Å²) in [6.45, 7) is 3.93. The summed E-state index contributed by atoms with van der Waals surface area (Å²) < 4.78 is 13.0. The molecule has 0 radical (unpaired) electrons. The number of halogens is 1. The number of hydrogen-bond acceptors (Lipinski definition) is 3. The van der Waals surface area contributed by atoms with Crippen LogP contribution in [0.15, 0.2) is 53.5 Å². The van der Waals surface area contributed by atoms with Crippen LogP contribution in [0, 0.1) is 11.7 Å². The zero-order valence-electron chi connectivity index (χ0n) is 18.1. The molecule has 1 fully saturated rings. The van der Waals surface area contributed by atoms with E-state index in [4.69, 9.17) is 5.73 Å². The van der Waals surface area contributed by atoms with Gasteiger partial charge in [0, 0.05) is 33.2 Å². The molecule has 2 aromatic rings. The lowest BCUT2D eigenvalue weighted by Crippen LogP contribution is -2.40. The van der Waals surface area contributed by atoms with Crippen molar-refractivity contribution in [3.8, 4) is 0 Å². The molecule has 0 bridgehead atoms. The lowest BCUT2D eigenvalue weighted by molar-refractivity contribution is -0.123. The van der Waals surface area contributed by atoms with Gasteiger partial charge in [0.15, 0.2) is 5.96 Å². The lowest BCUT2D eigenvalue weighted by Gasteiger charge is -2.31. The Balaban J connectivity index is 1.46. The number of piperidine rings is 1. The topological polar surface area (TPSA) is 82.8 Å². The second-order valence-electron chi connectivity index (χ2n) is 8.03. The molecule has 7 heteroatoms. The molecule has 0 spiro atoms. The third kappa shape index (κ3) is 7.36. The number of hydrogen-bond donors (Lipinski definition) is 3. The first-order valence-electron chi connectivity index (χ1n) is 10.8. The fourth-order valence-electron chi connectivity index (χ4n) is 3.91. The maximum Gasteiger partial charge on any atom is 0.221 e. The average Bonchev–Trinajstić information content (AvgIpc) is 2.78. The summed E-state index contributed by atoms with van der Waals surface area (Å²) in [5.74, 6) is 0.279. The van der Waals surface area contributed by atoms with Gasteiger partial charge in [-0.2, -0.15) is 0 Å². The van der Waals surface area contributed by atoms with E-state index in [0.717, 1.165) is 50.4 Å². The number of carbonyl (C=O) groups excluding carboxylic acids is 1. The first-order valence-corrected chi connectivity index (χ1v) is 10.8. The second-order valence-corrected chi connectivity index (χ2v) is 8.03. The normalized spacial score (nSPS) is 17.4. The molecule has 0 saturated carbocycles. The van der Waals surface area contributed by atoms with Crippen molar-refractivity contribution in [1.82, 2.24) is 15.5 Å². The first-order chi connectivity index (χ1) is 15.0. The summed E-state index contributed by atoms with van der Waals surface area (Å²) in [6, 6.07) is 15.0. The number of nitrogens with one attached hydrogen (secondary N) is 2. The van der Waals surface area contributed by atoms with Crippen LogP contribution in [0.25, 0.3) is 0 Å². The first kappa shape index (κ1) is 22.7. The largest absolute Gasteiger partial charge is 0.369 e. The summed E-state index contributed by atoms with van der Waals surface area (Å²) >= 11 is 0. The molecule has 1 atom stereocenters. The van der Waals surface area contributed by atoms with Crippen LogP contribution in [0.2, 0.25) is 0 Å². The van der Waals surface area contributed by atoms with E-state index in [1.165, 1.54) is 23.3 Å². The maximum absolute atomic E-state index is 13.0. The van der Waals surface area contributed by atoms with E-state index in [-0.39, 0.29) is 17.6 Å². The number of amides is 1. The molecule has 3 rings (SSSR count). The minimum atomic E-state index is -0.218. The highest BCUT2D eigenvalue weighted by Gasteiger charge is 2.23. The third-order valence-electron chi connectivity index (χ3n) is 5.61. The molecular weight excluding hydrogens is 393 g/mol. The SMILES string of the molecule is CN=C(NCCc1ccc(F)cc1)NCc1cccc(CN2CCCC(C(N)=O)C2)c1. The Hall–Kier alpha value is -2.93. The molecule has 1 aliphatic heterocycles. The van der Waals surface area contributed by atoms with Gasteiger partial charge in [-0.3, -0.25) is 14.7 Å². The van der Waals surface area contributed by atoms with Gasteiger partial charge in [-0.05, 0) is 54.6 Å². The number of primary amides is 1. The van der Waals surface area contributed by atoms with Gasteiger partial charge in [-0.1, -0.05) is 36.4 Å². The second kappa shape index (κ2) is 11.5. The van der Waals surface area contributed by atoms with Gasteiger partial charge in [0.25, 0.3) is 0 Å². The van der Waals surface area contributed by atoms with Crippen LogP contribution in [0.1, 0.15) is 29.5 Å². The minimum Gasteiger partial charge on any atom is -0.369 e. The number of rotatable bonds is 8. The van der Waals surface area contributed by atoms with Crippen molar-refractivity contribution in [2.75, 3.05) is 26.7 Å². The van der Waals surface area contributed by atoms with Crippen molar-refractivity contribution in [2.45, 2.75) is 32.4 Å². The molecule has 0 aliphatic carbocycles. The third-order valence-corrected chi connectivity index (χ3v) is 5.61. The molecule has 1 amide bonds. The fourth-order valence-corrected chi connectivity index (χ4v) is 3.91. The van der Waals surface area contributed by atoms with Crippen LogP contribution < -0.4 is 16.4 Å². The summed E-state index contributed by atoms with van der Waals surface area (Å²) in [5, 5.41) is 6.63. The molecule has 166 valence electrons. The van der Waals surface area contributed by atoms with Crippen LogP contribution in [-0.2, 0) is 24.3 Å². The Kier molecular flexibility index (Phi) is 8.41. The standard InChI is InChI=1S/C24H32FN5O/c1-27-24(28-12-11-18-7-9-22(25)10-8-18)29-15-19-4-2-5-20(14-19)16-30-13-3-6-21(17-30)23(26)31/h2,4-5,7-10,14,21H,3,6,11-13,15-17H2,1H3,(H2,26,31)(H2,27,28,29). The Morgan fingerprint density at radius 2 is 1.94 bits per heavy atom. The summed E-state index contributed by atoms with van der Waals surface area (Å²) in [7, 11) is 1.75. The zero-order chi connectivity index (χ0) is 22.1. The number of nitrogens with two attached hydrogens (primary N) is 1. The van der Waals surface area contributed by atoms with Gasteiger partial charge in [0.2, 0.25) is 5.91 Å². The van der Waals surface area contributed by atoms with E-state index in [0.29, 0.717) is 13.1 Å². The van der Waals surface area contributed by atoms with E-state index in [1.807, 2.05) is 0 Å². The molecule has 6 nitrogen and oxygen atoms in total. The van der Waals surface area contributed by atoms with Crippen LogP contribution in [-0.4, -0.2) is 43.4 Å². The molecule has 1 heterocycles. The minimum absolute atomic E-state index is 0.0390. The van der Waals surface area contributed by atoms with Crippen LogP contribution in [0.4, 0.5) is 4.39 Å². The van der Waals surface area contributed by atoms with Gasteiger partial charge in [-0.25, -0.2) is 4.39 Å². The molecule has 1 unspecified atom stereocenters. The van der Waals surface area contributed by atoms with Crippen molar-refractivity contribution >= 4 is 11.9 Å². The summed E-state index contributed by atoms with van der Waals surface area (Å²) in [5.41, 5.74) is 8.97. The number of likely N-dealkylation sites (tertiary alicyclic amines) is 1. The van der Waals surface area contributed by atoms with Crippen molar-refractivity contribution in [1.29, 1.82) is 0 Å². The van der Waals surface area contributed by atoms with E-state index < -0.39 is 0 Å². The van der Waals surface area contributed by atoms with Gasteiger partial charge >= 0.3 is 0 Å². The van der Waals surface area contributed by atoms with Crippen molar-refractivity contribution in [3.63, 3.8) is 0 Å². The van der Waals surface area contributed by atoms with E-state index in [1.54, 1.807) is 19.2 Å². The Bertz CT molecular complexity index is 884. The lowest BCUT2D eigenvalue weighted by atomic mass is 9.97. The molecule has 0 aromatic heterocycles. The van der Waals surface area contributed by atoms with Crippen LogP contribution >= 0.6 is 0 Å². The van der Waals surface area contributed by atoms with Crippen LogP contribution in [0.5, 0.6) is 0 Å². The van der Waals surface area contributed by atoms with Gasteiger partial charge in [0.05, 0.1) is 5.92 Å². The highest BCUT2D eigenvalue weighted by Crippen LogP contribution is 2.18. The number of nitrogens with zero attached hydrogens (tertiary/aromatic N) is 2. The van der Waals surface area contributed by atoms with Crippen molar-refractivity contribution < 1.29 is 9.18 Å². The van der Waals surface area contributed by atoms with E-state index >= 15 is 0 Å². The highest BCUT2D eigenvalue weighted by atomic mass is 19.1. The molecular formula is C24H32FN5O. The number of guanidine groups is 1. The molecule has 2 aromatic carbocycles. The quantitative estimate of drug-likeness (QED) is 0.448. The molecule has 4 N–H and O–H groups in total. The van der Waals surface area contributed by atoms with Crippen molar-refractivity contribution in [3.05, 3.63) is 71.0 Å². The fraction of sp³-hybridized carbons (Fsp3) is 0.417. The number of carbonyl (C=O) groups is 1. The zero-order valence-corrected chi connectivity index (χ0v) is 18.1. The molecule has 31 heavy (non-hydrogen) atoms. The summed E-state index contributed by atoms with van der Waals surface area (Å²) in [4.78, 5) is 18.1. The predicted molar refractivity (Wildman–Crippen MR) is 122 cm³/mol. The molecule has 1 aliphatic rings. The van der Waals surface area contributed by atoms with E-state index in [9.17, 15) is 9.18 Å². The maximum atomic E-state index is 13.0. The van der Waals surface area contributed by atoms with E-state index in [2.05, 4.69) is 44.8 Å². The van der Waals surface area contributed by atoms with Gasteiger partial charge in [0.1, 0.15) is 5.82 Å². The van der Waals surface area contributed by atoms with Gasteiger partial charge in [-0.15, -0.1) is 0 Å². The van der Waals surface area contributed by atoms with Gasteiger partial charge < -0.3 is 16.4 Å². The highest BCUT2D eigenvalue weighted by molar-refractivity contribution is 5.79. The number of aliphatic imine (C=N–C) groups is 1. The van der Waals surface area contributed by atoms with Crippen LogP contribution in [0.3, 0.4) is 0 Å². The number of benzene rings is 2. The summed E-state index contributed by atoms with van der Waals surface area (Å²) in [6.07, 6.45) is 2.69. The molecule has 1 saturated heterocycles. The Morgan fingerprint density at radius 3 is 2.68 bits per heavy atom. The monoisotopic (exact) mass is 425 g/mol. The van der Waals surface area contributed by atoms with Crippen molar-refractivity contribution in [2.24, 2.45) is 16.6 Å². The Morgan fingerprint density at radius 1 is 1.16 bits per heavy atom. The predicted octanol–water partition coefficient (Wildman–Crippen LogP) is 2.43. The Labute approximate surface area is 183 Å².